The summed E-state index contributed by atoms with van der Waals surface area (Å²) in [5.41, 5.74) is 1.65. The van der Waals surface area contributed by atoms with Crippen LogP contribution in [0.2, 0.25) is 0 Å². The van der Waals surface area contributed by atoms with Crippen LogP contribution in [0.15, 0.2) is 58.6 Å². The molecule has 0 spiro atoms. The lowest BCUT2D eigenvalue weighted by Gasteiger charge is -2.08. The van der Waals surface area contributed by atoms with Gasteiger partial charge in [-0.1, -0.05) is 30.0 Å². The molecule has 1 heterocycles. The number of nitrogens with zero attached hydrogens (tertiary/aromatic N) is 3. The van der Waals surface area contributed by atoms with Gasteiger partial charge in [-0.15, -0.1) is 22.0 Å². The van der Waals surface area contributed by atoms with Crippen LogP contribution >= 0.6 is 23.5 Å². The van der Waals surface area contributed by atoms with Crippen LogP contribution in [0.3, 0.4) is 0 Å². The van der Waals surface area contributed by atoms with Crippen molar-refractivity contribution < 1.29 is 9.53 Å². The van der Waals surface area contributed by atoms with E-state index in [1.807, 2.05) is 66.4 Å². The van der Waals surface area contributed by atoms with Gasteiger partial charge in [0.25, 0.3) is 0 Å². The molecule has 0 radical (unpaired) electrons. The molecule has 3 aromatic rings. The molecular formula is C19H20N4O2S2. The van der Waals surface area contributed by atoms with Gasteiger partial charge >= 0.3 is 0 Å². The third kappa shape index (κ3) is 4.64. The zero-order chi connectivity index (χ0) is 19.2. The number of hydrogen-bond acceptors (Lipinski definition) is 6. The van der Waals surface area contributed by atoms with E-state index in [4.69, 9.17) is 4.74 Å². The number of aromatic nitrogens is 3. The number of anilines is 1. The zero-order valence-electron chi connectivity index (χ0n) is 15.3. The number of rotatable bonds is 7. The molecule has 0 aliphatic rings. The van der Waals surface area contributed by atoms with Crippen LogP contribution in [0.25, 0.3) is 11.4 Å². The molecule has 1 amide bonds. The molecule has 1 aromatic heterocycles. The molecule has 6 nitrogen and oxygen atoms in total. The van der Waals surface area contributed by atoms with Crippen molar-refractivity contribution in [3.05, 3.63) is 48.5 Å². The summed E-state index contributed by atoms with van der Waals surface area (Å²) in [5.74, 6) is 1.60. The Bertz CT molecular complexity index is 943. The first-order chi connectivity index (χ1) is 13.1. The van der Waals surface area contributed by atoms with E-state index in [0.29, 0.717) is 11.0 Å². The third-order valence-electron chi connectivity index (χ3n) is 3.87. The minimum absolute atomic E-state index is 0.0832. The highest BCUT2D eigenvalue weighted by Crippen LogP contribution is 2.30. The van der Waals surface area contributed by atoms with Gasteiger partial charge in [-0.05, 0) is 36.6 Å². The van der Waals surface area contributed by atoms with Crippen molar-refractivity contribution >= 4 is 35.1 Å². The molecule has 140 valence electrons. The molecule has 0 unspecified atom stereocenters. The molecule has 2 aromatic carbocycles. The van der Waals surface area contributed by atoms with E-state index in [-0.39, 0.29) is 11.7 Å². The maximum atomic E-state index is 12.3. The number of benzene rings is 2. The number of hydrogen-bond donors (Lipinski definition) is 1. The molecule has 0 bridgehead atoms. The van der Waals surface area contributed by atoms with Crippen molar-refractivity contribution in [3.8, 4) is 17.1 Å². The molecule has 0 aliphatic heterocycles. The van der Waals surface area contributed by atoms with Crippen molar-refractivity contribution in [2.75, 3.05) is 24.4 Å². The van der Waals surface area contributed by atoms with Gasteiger partial charge in [0.1, 0.15) is 5.75 Å². The fraction of sp³-hybridized carbons (Fsp3) is 0.211. The molecule has 1 N–H and O–H groups in total. The first-order valence-corrected chi connectivity index (χ1v) is 10.4. The van der Waals surface area contributed by atoms with Gasteiger partial charge in [-0.3, -0.25) is 4.79 Å². The number of para-hydroxylation sites is 1. The fourth-order valence-corrected chi connectivity index (χ4v) is 3.70. The second-order valence-electron chi connectivity index (χ2n) is 5.63. The lowest BCUT2D eigenvalue weighted by Crippen LogP contribution is -2.14. The lowest BCUT2D eigenvalue weighted by atomic mass is 10.2. The van der Waals surface area contributed by atoms with Gasteiger partial charge < -0.3 is 14.6 Å². The van der Waals surface area contributed by atoms with Crippen LogP contribution in [0.1, 0.15) is 0 Å². The Morgan fingerprint density at radius 1 is 1.19 bits per heavy atom. The Morgan fingerprint density at radius 2 is 2.00 bits per heavy atom. The molecule has 27 heavy (non-hydrogen) atoms. The Morgan fingerprint density at radius 3 is 2.78 bits per heavy atom. The highest BCUT2D eigenvalue weighted by molar-refractivity contribution is 7.99. The number of carbonyl (C=O) groups excluding carboxylic acids is 1. The van der Waals surface area contributed by atoms with Crippen molar-refractivity contribution in [1.82, 2.24) is 14.8 Å². The number of nitrogens with one attached hydrogen (secondary N) is 1. The van der Waals surface area contributed by atoms with E-state index in [1.54, 1.807) is 18.9 Å². The minimum Gasteiger partial charge on any atom is -0.496 e. The largest absolute Gasteiger partial charge is 0.496 e. The summed E-state index contributed by atoms with van der Waals surface area (Å²) in [6.45, 7) is 0. The van der Waals surface area contributed by atoms with Crippen LogP contribution in [0.5, 0.6) is 5.75 Å². The second kappa shape index (κ2) is 8.96. The minimum atomic E-state index is -0.0832. The Hall–Kier alpha value is -2.45. The Kier molecular flexibility index (Phi) is 6.41. The van der Waals surface area contributed by atoms with Crippen LogP contribution in [-0.2, 0) is 11.8 Å². The fourth-order valence-electron chi connectivity index (χ4n) is 2.53. The summed E-state index contributed by atoms with van der Waals surface area (Å²) in [5, 5.41) is 12.1. The third-order valence-corrected chi connectivity index (χ3v) is 5.61. The highest BCUT2D eigenvalue weighted by atomic mass is 32.2. The number of ether oxygens (including phenoxy) is 1. The molecule has 0 fully saturated rings. The summed E-state index contributed by atoms with van der Waals surface area (Å²) in [4.78, 5) is 13.4. The topological polar surface area (TPSA) is 69.0 Å². The molecule has 3 rings (SSSR count). The smallest absolute Gasteiger partial charge is 0.234 e. The lowest BCUT2D eigenvalue weighted by molar-refractivity contribution is -0.113. The Labute approximate surface area is 166 Å². The van der Waals surface area contributed by atoms with Gasteiger partial charge in [-0.2, -0.15) is 0 Å². The van der Waals surface area contributed by atoms with Crippen molar-refractivity contribution in [2.45, 2.75) is 10.1 Å². The van der Waals surface area contributed by atoms with Gasteiger partial charge in [0.15, 0.2) is 11.0 Å². The average molecular weight is 401 g/mol. The van der Waals surface area contributed by atoms with Crippen molar-refractivity contribution in [2.24, 2.45) is 7.05 Å². The number of carbonyl (C=O) groups is 1. The predicted molar refractivity (Wildman–Crippen MR) is 111 cm³/mol. The highest BCUT2D eigenvalue weighted by Gasteiger charge is 2.15. The first kappa shape index (κ1) is 19.3. The van der Waals surface area contributed by atoms with Gasteiger partial charge in [0.05, 0.1) is 18.4 Å². The van der Waals surface area contributed by atoms with E-state index in [0.717, 1.165) is 21.9 Å². The molecule has 0 atom stereocenters. The summed E-state index contributed by atoms with van der Waals surface area (Å²) in [6.07, 6.45) is 2.00. The zero-order valence-corrected chi connectivity index (χ0v) is 16.9. The second-order valence-corrected chi connectivity index (χ2v) is 7.46. The Balaban J connectivity index is 1.66. The van der Waals surface area contributed by atoms with E-state index >= 15 is 0 Å². The van der Waals surface area contributed by atoms with E-state index < -0.39 is 0 Å². The van der Waals surface area contributed by atoms with Gasteiger partial charge in [0, 0.05) is 17.6 Å². The maximum absolute atomic E-state index is 12.3. The molecule has 0 saturated carbocycles. The summed E-state index contributed by atoms with van der Waals surface area (Å²) < 4.78 is 7.26. The monoisotopic (exact) mass is 400 g/mol. The molecule has 8 heteroatoms. The molecule has 0 saturated heterocycles. The number of thioether (sulfide) groups is 2. The number of amides is 1. The maximum Gasteiger partial charge on any atom is 0.234 e. The first-order valence-electron chi connectivity index (χ1n) is 8.22. The summed E-state index contributed by atoms with van der Waals surface area (Å²) in [6, 6.07) is 15.4. The summed E-state index contributed by atoms with van der Waals surface area (Å²) in [7, 11) is 3.51. The van der Waals surface area contributed by atoms with Crippen LogP contribution in [-0.4, -0.2) is 39.8 Å². The van der Waals surface area contributed by atoms with E-state index in [1.165, 1.54) is 11.8 Å². The standard InChI is InChI=1S/C19H20N4O2S2/c1-23-18(15-9-4-5-10-16(15)25-2)21-22-19(23)27-12-17(24)20-13-7-6-8-14(11-13)26-3/h4-11H,12H2,1-3H3,(H,20,24). The average Bonchev–Trinajstić information content (AvgIpc) is 3.06. The van der Waals surface area contributed by atoms with E-state index in [9.17, 15) is 4.79 Å². The van der Waals surface area contributed by atoms with Crippen LogP contribution in [0, 0.1) is 0 Å². The summed E-state index contributed by atoms with van der Waals surface area (Å²) >= 11 is 2.98. The van der Waals surface area contributed by atoms with Gasteiger partial charge in [0.2, 0.25) is 5.91 Å². The number of methoxy groups -OCH3 is 1. The molecule has 0 aliphatic carbocycles. The predicted octanol–water partition coefficient (Wildman–Crippen LogP) is 3.94. The van der Waals surface area contributed by atoms with E-state index in [2.05, 4.69) is 15.5 Å². The SMILES string of the molecule is COc1ccccc1-c1nnc(SCC(=O)Nc2cccc(SC)c2)n1C. The molecular weight excluding hydrogens is 380 g/mol. The quantitative estimate of drug-likeness (QED) is 0.606. The normalized spacial score (nSPS) is 10.6. The van der Waals surface area contributed by atoms with Crippen LogP contribution in [0.4, 0.5) is 5.69 Å². The van der Waals surface area contributed by atoms with Crippen molar-refractivity contribution in [3.63, 3.8) is 0 Å². The van der Waals surface area contributed by atoms with Crippen molar-refractivity contribution in [1.29, 1.82) is 0 Å². The van der Waals surface area contributed by atoms with Gasteiger partial charge in [-0.25, -0.2) is 0 Å². The van der Waals surface area contributed by atoms with Crippen LogP contribution < -0.4 is 10.1 Å².